The lowest BCUT2D eigenvalue weighted by atomic mass is 10.2. The lowest BCUT2D eigenvalue weighted by Gasteiger charge is -2.06. The van der Waals surface area contributed by atoms with Gasteiger partial charge >= 0.3 is 0 Å². The highest BCUT2D eigenvalue weighted by Crippen LogP contribution is 2.32. The number of halogens is 1. The van der Waals surface area contributed by atoms with Gasteiger partial charge < -0.3 is 0 Å². The Morgan fingerprint density at radius 2 is 1.77 bits per heavy atom. The van der Waals surface area contributed by atoms with Gasteiger partial charge in [0, 0.05) is 7.05 Å². The molecule has 1 aliphatic heterocycles. The smallest absolute Gasteiger partial charge is 0.266 e. The van der Waals surface area contributed by atoms with Gasteiger partial charge in [-0.05, 0) is 47.7 Å². The van der Waals surface area contributed by atoms with Crippen molar-refractivity contribution >= 4 is 34.6 Å². The van der Waals surface area contributed by atoms with Crippen molar-refractivity contribution in [2.75, 3.05) is 7.05 Å². The van der Waals surface area contributed by atoms with Crippen LogP contribution in [0.1, 0.15) is 5.56 Å². The fourth-order valence-electron chi connectivity index (χ4n) is 1.97. The van der Waals surface area contributed by atoms with Crippen LogP contribution < -0.4 is 0 Å². The number of carbonyl (C=O) groups is 1. The average Bonchev–Trinajstić information content (AvgIpc) is 2.79. The summed E-state index contributed by atoms with van der Waals surface area (Å²) >= 11 is 1.31. The van der Waals surface area contributed by atoms with Crippen LogP contribution in [0.15, 0.2) is 64.5 Å². The standard InChI is InChI=1S/C17H13FN2OS/c1-20-16(21)15(11-12-7-9-13(18)10-8-12)22-17(20)19-14-5-3-2-4-6-14/h2-11H,1H3/b15-11+,19-17?. The van der Waals surface area contributed by atoms with Crippen LogP contribution in [0.25, 0.3) is 6.08 Å². The molecular weight excluding hydrogens is 299 g/mol. The Kier molecular flexibility index (Phi) is 4.06. The van der Waals surface area contributed by atoms with Crippen molar-refractivity contribution in [3.8, 4) is 0 Å². The first-order valence-corrected chi connectivity index (χ1v) is 7.52. The van der Waals surface area contributed by atoms with Gasteiger partial charge in [0.15, 0.2) is 5.17 Å². The molecule has 0 atom stereocenters. The summed E-state index contributed by atoms with van der Waals surface area (Å²) in [7, 11) is 1.70. The van der Waals surface area contributed by atoms with Crippen molar-refractivity contribution in [1.29, 1.82) is 0 Å². The molecule has 110 valence electrons. The number of rotatable bonds is 2. The average molecular weight is 312 g/mol. The molecule has 2 aromatic carbocycles. The number of para-hydroxylation sites is 1. The number of benzene rings is 2. The maximum absolute atomic E-state index is 12.9. The van der Waals surface area contributed by atoms with Gasteiger partial charge in [0.2, 0.25) is 0 Å². The number of nitrogens with zero attached hydrogens (tertiary/aromatic N) is 2. The molecular formula is C17H13FN2OS. The second-order valence-corrected chi connectivity index (χ2v) is 5.77. The zero-order valence-corrected chi connectivity index (χ0v) is 12.7. The van der Waals surface area contributed by atoms with E-state index in [0.29, 0.717) is 10.1 Å². The first kappa shape index (κ1) is 14.5. The Hall–Kier alpha value is -2.40. The molecule has 1 saturated heterocycles. The van der Waals surface area contributed by atoms with Gasteiger partial charge in [0.25, 0.3) is 5.91 Å². The third-order valence-electron chi connectivity index (χ3n) is 3.15. The van der Waals surface area contributed by atoms with E-state index in [9.17, 15) is 9.18 Å². The molecule has 0 aromatic heterocycles. The summed E-state index contributed by atoms with van der Waals surface area (Å²) in [4.78, 5) is 18.8. The Bertz CT molecular complexity index is 754. The zero-order chi connectivity index (χ0) is 15.5. The minimum atomic E-state index is -0.295. The van der Waals surface area contributed by atoms with Gasteiger partial charge in [-0.25, -0.2) is 9.38 Å². The molecule has 0 aliphatic carbocycles. The molecule has 22 heavy (non-hydrogen) atoms. The van der Waals surface area contributed by atoms with E-state index in [1.54, 1.807) is 25.3 Å². The Balaban J connectivity index is 1.88. The second-order valence-electron chi connectivity index (χ2n) is 4.76. The summed E-state index contributed by atoms with van der Waals surface area (Å²) in [5, 5.41) is 0.629. The SMILES string of the molecule is CN1C(=O)/C(=C\c2ccc(F)cc2)SC1=Nc1ccccc1. The molecule has 3 nitrogen and oxygen atoms in total. The van der Waals surface area contributed by atoms with E-state index in [1.165, 1.54) is 28.8 Å². The first-order valence-electron chi connectivity index (χ1n) is 6.70. The van der Waals surface area contributed by atoms with Crippen LogP contribution in [0.2, 0.25) is 0 Å². The maximum atomic E-state index is 12.9. The largest absolute Gasteiger partial charge is 0.290 e. The van der Waals surface area contributed by atoms with E-state index in [4.69, 9.17) is 0 Å². The lowest BCUT2D eigenvalue weighted by Crippen LogP contribution is -2.23. The van der Waals surface area contributed by atoms with Crippen molar-refractivity contribution in [3.05, 3.63) is 70.9 Å². The molecule has 0 saturated carbocycles. The minimum Gasteiger partial charge on any atom is -0.290 e. The molecule has 3 rings (SSSR count). The molecule has 1 fully saturated rings. The molecule has 0 N–H and O–H groups in total. The third kappa shape index (κ3) is 3.09. The molecule has 2 aromatic rings. The molecule has 5 heteroatoms. The molecule has 0 spiro atoms. The molecule has 0 radical (unpaired) electrons. The summed E-state index contributed by atoms with van der Waals surface area (Å²) in [5.74, 6) is -0.403. The van der Waals surface area contributed by atoms with Crippen molar-refractivity contribution in [2.45, 2.75) is 0 Å². The van der Waals surface area contributed by atoms with Crippen LogP contribution in [0.3, 0.4) is 0 Å². The van der Waals surface area contributed by atoms with Gasteiger partial charge in [-0.15, -0.1) is 0 Å². The zero-order valence-electron chi connectivity index (χ0n) is 11.9. The summed E-state index contributed by atoms with van der Waals surface area (Å²) in [6, 6.07) is 15.5. The normalized spacial score (nSPS) is 18.5. The van der Waals surface area contributed by atoms with Gasteiger partial charge in [-0.3, -0.25) is 9.69 Å². The molecule has 0 unspecified atom stereocenters. The quantitative estimate of drug-likeness (QED) is 0.783. The number of aliphatic imine (C=N–C) groups is 1. The highest BCUT2D eigenvalue weighted by Gasteiger charge is 2.30. The van der Waals surface area contributed by atoms with E-state index in [1.807, 2.05) is 30.3 Å². The fraction of sp³-hybridized carbons (Fsp3) is 0.0588. The maximum Gasteiger partial charge on any atom is 0.266 e. The highest BCUT2D eigenvalue weighted by molar-refractivity contribution is 8.18. The topological polar surface area (TPSA) is 32.7 Å². The summed E-state index contributed by atoms with van der Waals surface area (Å²) in [5.41, 5.74) is 1.58. The van der Waals surface area contributed by atoms with E-state index < -0.39 is 0 Å². The van der Waals surface area contributed by atoms with Crippen molar-refractivity contribution in [3.63, 3.8) is 0 Å². The molecule has 0 bridgehead atoms. The highest BCUT2D eigenvalue weighted by atomic mass is 32.2. The predicted molar refractivity (Wildman–Crippen MR) is 88.3 cm³/mol. The second kappa shape index (κ2) is 6.15. The Morgan fingerprint density at radius 1 is 1.09 bits per heavy atom. The van der Waals surface area contributed by atoms with Crippen molar-refractivity contribution in [1.82, 2.24) is 4.90 Å². The van der Waals surface area contributed by atoms with Gasteiger partial charge in [0.05, 0.1) is 10.6 Å². The van der Waals surface area contributed by atoms with Crippen LogP contribution in [-0.2, 0) is 4.79 Å². The number of thioether (sulfide) groups is 1. The van der Waals surface area contributed by atoms with Crippen LogP contribution in [0, 0.1) is 5.82 Å². The molecule has 1 heterocycles. The van der Waals surface area contributed by atoms with E-state index in [0.717, 1.165) is 11.3 Å². The van der Waals surface area contributed by atoms with E-state index >= 15 is 0 Å². The van der Waals surface area contributed by atoms with Gasteiger partial charge in [-0.1, -0.05) is 30.3 Å². The Morgan fingerprint density at radius 3 is 2.45 bits per heavy atom. The lowest BCUT2D eigenvalue weighted by molar-refractivity contribution is -0.121. The van der Waals surface area contributed by atoms with E-state index in [-0.39, 0.29) is 11.7 Å². The number of carbonyl (C=O) groups excluding carboxylic acids is 1. The Labute approximate surface area is 132 Å². The van der Waals surface area contributed by atoms with Gasteiger partial charge in [0.1, 0.15) is 5.82 Å². The summed E-state index contributed by atoms with van der Waals surface area (Å²) in [6.45, 7) is 0. The summed E-state index contributed by atoms with van der Waals surface area (Å²) in [6.07, 6.45) is 1.75. The van der Waals surface area contributed by atoms with E-state index in [2.05, 4.69) is 4.99 Å². The predicted octanol–water partition coefficient (Wildman–Crippen LogP) is 4.06. The van der Waals surface area contributed by atoms with Crippen LogP contribution >= 0.6 is 11.8 Å². The number of likely N-dealkylation sites (N-methyl/N-ethyl adjacent to an activating group) is 1. The summed E-state index contributed by atoms with van der Waals surface area (Å²) < 4.78 is 12.9. The van der Waals surface area contributed by atoms with Crippen LogP contribution in [-0.4, -0.2) is 23.0 Å². The van der Waals surface area contributed by atoms with Gasteiger partial charge in [-0.2, -0.15) is 0 Å². The third-order valence-corrected chi connectivity index (χ3v) is 4.21. The minimum absolute atomic E-state index is 0.107. The van der Waals surface area contributed by atoms with Crippen LogP contribution in [0.4, 0.5) is 10.1 Å². The molecule has 1 aliphatic rings. The number of amides is 1. The number of amidine groups is 1. The van der Waals surface area contributed by atoms with Crippen molar-refractivity contribution < 1.29 is 9.18 Å². The van der Waals surface area contributed by atoms with Crippen molar-refractivity contribution in [2.24, 2.45) is 4.99 Å². The first-order chi connectivity index (χ1) is 10.6. The number of hydrogen-bond donors (Lipinski definition) is 0. The van der Waals surface area contributed by atoms with Crippen LogP contribution in [0.5, 0.6) is 0 Å². The molecule has 1 amide bonds. The fourth-order valence-corrected chi connectivity index (χ4v) is 2.96. The monoisotopic (exact) mass is 312 g/mol. The number of hydrogen-bond acceptors (Lipinski definition) is 3.